The van der Waals surface area contributed by atoms with Crippen LogP contribution >= 0.6 is 23.2 Å². The van der Waals surface area contributed by atoms with Crippen molar-refractivity contribution in [3.8, 4) is 0 Å². The van der Waals surface area contributed by atoms with Crippen LogP contribution < -0.4 is 9.62 Å². The molecular formula is C21H18Cl2N2O3S. The van der Waals surface area contributed by atoms with Crippen LogP contribution in [0.5, 0.6) is 0 Å². The predicted octanol–water partition coefficient (Wildman–Crippen LogP) is 5.14. The lowest BCUT2D eigenvalue weighted by Gasteiger charge is -2.24. The maximum absolute atomic E-state index is 13.2. The van der Waals surface area contributed by atoms with Crippen LogP contribution in [0.25, 0.3) is 0 Å². The Kier molecular flexibility index (Phi) is 6.47. The van der Waals surface area contributed by atoms with Gasteiger partial charge in [0.15, 0.2) is 0 Å². The molecular weight excluding hydrogens is 431 g/mol. The first kappa shape index (κ1) is 21.2. The number of benzene rings is 3. The first-order valence-electron chi connectivity index (χ1n) is 8.67. The Hall–Kier alpha value is -2.54. The van der Waals surface area contributed by atoms with Crippen molar-refractivity contribution in [1.82, 2.24) is 0 Å². The highest BCUT2D eigenvalue weighted by Gasteiger charge is 2.27. The van der Waals surface area contributed by atoms with Crippen LogP contribution in [-0.2, 0) is 14.8 Å². The van der Waals surface area contributed by atoms with Gasteiger partial charge in [0.05, 0.1) is 10.6 Å². The second-order valence-corrected chi connectivity index (χ2v) is 9.02. The molecule has 0 bridgehead atoms. The lowest BCUT2D eigenvalue weighted by molar-refractivity contribution is -0.114. The molecule has 0 aliphatic carbocycles. The van der Waals surface area contributed by atoms with Gasteiger partial charge in [0, 0.05) is 15.7 Å². The van der Waals surface area contributed by atoms with Gasteiger partial charge in [0.25, 0.3) is 10.0 Å². The summed E-state index contributed by atoms with van der Waals surface area (Å²) in [6, 6.07) is 19.3. The molecule has 5 nitrogen and oxygen atoms in total. The molecule has 1 amide bonds. The second-order valence-electron chi connectivity index (χ2n) is 6.31. The highest BCUT2D eigenvalue weighted by Crippen LogP contribution is 2.25. The fourth-order valence-electron chi connectivity index (χ4n) is 2.64. The number of carbonyl (C=O) groups excluding carboxylic acids is 1. The van der Waals surface area contributed by atoms with E-state index in [1.54, 1.807) is 48.5 Å². The van der Waals surface area contributed by atoms with Crippen LogP contribution in [0.4, 0.5) is 11.4 Å². The van der Waals surface area contributed by atoms with Crippen molar-refractivity contribution in [2.24, 2.45) is 0 Å². The fraction of sp³-hybridized carbons (Fsp3) is 0.0952. The van der Waals surface area contributed by atoms with Gasteiger partial charge in [-0.1, -0.05) is 47.5 Å². The van der Waals surface area contributed by atoms with E-state index in [0.29, 0.717) is 21.4 Å². The van der Waals surface area contributed by atoms with Gasteiger partial charge in [-0.05, 0) is 61.0 Å². The monoisotopic (exact) mass is 448 g/mol. The minimum atomic E-state index is -3.99. The van der Waals surface area contributed by atoms with Crippen LogP contribution in [0.2, 0.25) is 10.0 Å². The van der Waals surface area contributed by atoms with Crippen molar-refractivity contribution in [2.75, 3.05) is 16.2 Å². The summed E-state index contributed by atoms with van der Waals surface area (Å²) < 4.78 is 27.5. The molecule has 0 spiro atoms. The largest absolute Gasteiger partial charge is 0.324 e. The summed E-state index contributed by atoms with van der Waals surface area (Å²) in [5.41, 5.74) is 1.74. The molecule has 0 aliphatic rings. The first-order valence-corrected chi connectivity index (χ1v) is 10.9. The number of carbonyl (C=O) groups is 1. The maximum Gasteiger partial charge on any atom is 0.264 e. The predicted molar refractivity (Wildman–Crippen MR) is 117 cm³/mol. The Bertz CT molecular complexity index is 1120. The van der Waals surface area contributed by atoms with Gasteiger partial charge in [-0.2, -0.15) is 0 Å². The number of nitrogens with zero attached hydrogens (tertiary/aromatic N) is 1. The topological polar surface area (TPSA) is 66.5 Å². The quantitative estimate of drug-likeness (QED) is 0.567. The second kappa shape index (κ2) is 8.86. The molecule has 0 radical (unpaired) electrons. The van der Waals surface area contributed by atoms with Crippen molar-refractivity contribution < 1.29 is 13.2 Å². The Morgan fingerprint density at radius 1 is 0.966 bits per heavy atom. The lowest BCUT2D eigenvalue weighted by Crippen LogP contribution is -2.38. The number of sulfonamides is 1. The van der Waals surface area contributed by atoms with Crippen molar-refractivity contribution in [3.05, 3.63) is 88.4 Å². The molecule has 29 heavy (non-hydrogen) atoms. The summed E-state index contributed by atoms with van der Waals surface area (Å²) in [5, 5.41) is 3.62. The average molecular weight is 449 g/mol. The van der Waals surface area contributed by atoms with Gasteiger partial charge < -0.3 is 5.32 Å². The van der Waals surface area contributed by atoms with Gasteiger partial charge in [0.1, 0.15) is 6.54 Å². The molecule has 150 valence electrons. The summed E-state index contributed by atoms with van der Waals surface area (Å²) in [4.78, 5) is 12.7. The third-order valence-corrected chi connectivity index (χ3v) is 6.64. The van der Waals surface area contributed by atoms with Crippen LogP contribution in [0.1, 0.15) is 5.56 Å². The number of hydrogen-bond acceptors (Lipinski definition) is 3. The number of aryl methyl sites for hydroxylation is 1. The molecule has 3 aromatic rings. The van der Waals surface area contributed by atoms with E-state index in [0.717, 1.165) is 9.87 Å². The van der Waals surface area contributed by atoms with E-state index < -0.39 is 22.5 Å². The van der Waals surface area contributed by atoms with Crippen molar-refractivity contribution >= 4 is 50.5 Å². The van der Waals surface area contributed by atoms with E-state index >= 15 is 0 Å². The van der Waals surface area contributed by atoms with E-state index in [1.807, 2.05) is 6.92 Å². The normalized spacial score (nSPS) is 11.1. The van der Waals surface area contributed by atoms with Gasteiger partial charge in [-0.15, -0.1) is 0 Å². The smallest absolute Gasteiger partial charge is 0.264 e. The number of rotatable bonds is 6. The number of halogens is 2. The van der Waals surface area contributed by atoms with E-state index in [4.69, 9.17) is 23.2 Å². The Morgan fingerprint density at radius 3 is 2.24 bits per heavy atom. The third-order valence-electron chi connectivity index (χ3n) is 4.19. The molecule has 1 N–H and O–H groups in total. The van der Waals surface area contributed by atoms with Crippen LogP contribution in [0, 0.1) is 6.92 Å². The molecule has 0 fully saturated rings. The zero-order valence-electron chi connectivity index (χ0n) is 15.5. The first-order chi connectivity index (χ1) is 13.8. The average Bonchev–Trinajstić information content (AvgIpc) is 2.70. The standard InChI is InChI=1S/C21H18Cl2N2O3S/c1-15-7-10-17(13-20(15)23)24-21(26)14-25(18-5-3-2-4-6-18)29(27,28)19-11-8-16(22)9-12-19/h2-13H,14H2,1H3,(H,24,26). The number of anilines is 2. The van der Waals surface area contributed by atoms with Crippen LogP contribution in [0.3, 0.4) is 0 Å². The zero-order valence-corrected chi connectivity index (χ0v) is 17.8. The van der Waals surface area contributed by atoms with Gasteiger partial charge in [-0.3, -0.25) is 9.10 Å². The number of nitrogens with one attached hydrogen (secondary N) is 1. The van der Waals surface area contributed by atoms with E-state index in [-0.39, 0.29) is 4.90 Å². The van der Waals surface area contributed by atoms with Crippen LogP contribution in [0.15, 0.2) is 77.7 Å². The van der Waals surface area contributed by atoms with Gasteiger partial charge >= 0.3 is 0 Å². The molecule has 0 aliphatic heterocycles. The lowest BCUT2D eigenvalue weighted by atomic mass is 10.2. The highest BCUT2D eigenvalue weighted by molar-refractivity contribution is 7.92. The SMILES string of the molecule is Cc1ccc(NC(=O)CN(c2ccccc2)S(=O)(=O)c2ccc(Cl)cc2)cc1Cl. The molecule has 3 rings (SSSR count). The highest BCUT2D eigenvalue weighted by atomic mass is 35.5. The van der Waals surface area contributed by atoms with Crippen molar-refractivity contribution in [1.29, 1.82) is 0 Å². The molecule has 3 aromatic carbocycles. The summed E-state index contributed by atoms with van der Waals surface area (Å²) >= 11 is 12.0. The van der Waals surface area contributed by atoms with Crippen molar-refractivity contribution in [3.63, 3.8) is 0 Å². The number of amides is 1. The third kappa shape index (κ3) is 5.09. The van der Waals surface area contributed by atoms with Gasteiger partial charge in [0.2, 0.25) is 5.91 Å². The summed E-state index contributed by atoms with van der Waals surface area (Å²) in [7, 11) is -3.99. The van der Waals surface area contributed by atoms with Gasteiger partial charge in [-0.25, -0.2) is 8.42 Å². The number of hydrogen-bond donors (Lipinski definition) is 1. The molecule has 0 atom stereocenters. The van der Waals surface area contributed by atoms with E-state index in [9.17, 15) is 13.2 Å². The Labute approximate surface area is 179 Å². The van der Waals surface area contributed by atoms with Crippen molar-refractivity contribution in [2.45, 2.75) is 11.8 Å². The molecule has 0 saturated carbocycles. The molecule has 0 saturated heterocycles. The summed E-state index contributed by atoms with van der Waals surface area (Å²) in [6.07, 6.45) is 0. The molecule has 0 unspecified atom stereocenters. The number of para-hydroxylation sites is 1. The molecule has 0 heterocycles. The fourth-order valence-corrected chi connectivity index (χ4v) is 4.37. The van der Waals surface area contributed by atoms with E-state index in [1.165, 1.54) is 24.3 Å². The Balaban J connectivity index is 1.91. The van der Waals surface area contributed by atoms with E-state index in [2.05, 4.69) is 5.32 Å². The Morgan fingerprint density at radius 2 is 1.62 bits per heavy atom. The summed E-state index contributed by atoms with van der Waals surface area (Å²) in [5.74, 6) is -0.494. The molecule has 0 aromatic heterocycles. The maximum atomic E-state index is 13.2. The minimum Gasteiger partial charge on any atom is -0.324 e. The minimum absolute atomic E-state index is 0.0388. The van der Waals surface area contributed by atoms with Crippen LogP contribution in [-0.4, -0.2) is 20.9 Å². The molecule has 8 heteroatoms. The zero-order chi connectivity index (χ0) is 21.0. The summed E-state index contributed by atoms with van der Waals surface area (Å²) in [6.45, 7) is 1.45.